The second-order valence-corrected chi connectivity index (χ2v) is 9.77. The molecule has 1 aromatic carbocycles. The fourth-order valence-electron chi connectivity index (χ4n) is 3.10. The third kappa shape index (κ3) is 5.16. The number of hydrogen-bond acceptors (Lipinski definition) is 6. The number of sulfonamides is 1. The Balaban J connectivity index is 1.73. The molecule has 0 atom stereocenters. The van der Waals surface area contributed by atoms with Crippen molar-refractivity contribution in [1.82, 2.24) is 4.72 Å². The molecule has 2 aromatic rings. The first-order valence-electron chi connectivity index (χ1n) is 9.18. The van der Waals surface area contributed by atoms with Crippen molar-refractivity contribution in [3.63, 3.8) is 0 Å². The maximum Gasteiger partial charge on any atom is 0.341 e. The van der Waals surface area contributed by atoms with Crippen molar-refractivity contribution in [1.29, 1.82) is 0 Å². The highest BCUT2D eigenvalue weighted by atomic mass is 35.5. The summed E-state index contributed by atoms with van der Waals surface area (Å²) in [5, 5.41) is 3.49. The van der Waals surface area contributed by atoms with Gasteiger partial charge < -0.3 is 10.1 Å². The van der Waals surface area contributed by atoms with Crippen molar-refractivity contribution in [3.8, 4) is 0 Å². The van der Waals surface area contributed by atoms with Gasteiger partial charge in [0, 0.05) is 9.90 Å². The van der Waals surface area contributed by atoms with E-state index in [4.69, 9.17) is 16.3 Å². The minimum absolute atomic E-state index is 0.00787. The van der Waals surface area contributed by atoms with Crippen molar-refractivity contribution in [2.24, 2.45) is 0 Å². The number of aryl methyl sites for hydroxylation is 1. The maximum absolute atomic E-state index is 12.4. The van der Waals surface area contributed by atoms with Gasteiger partial charge in [0.2, 0.25) is 15.9 Å². The van der Waals surface area contributed by atoms with Gasteiger partial charge in [-0.1, -0.05) is 11.6 Å². The number of esters is 1. The molecular formula is C19H21ClN2O5S2. The first-order valence-corrected chi connectivity index (χ1v) is 11.9. The van der Waals surface area contributed by atoms with Gasteiger partial charge >= 0.3 is 5.97 Å². The number of fused-ring (bicyclic) bond motifs is 1. The second-order valence-electron chi connectivity index (χ2n) is 6.46. The van der Waals surface area contributed by atoms with Gasteiger partial charge in [-0.2, -0.15) is 0 Å². The Morgan fingerprint density at radius 2 is 1.86 bits per heavy atom. The molecule has 29 heavy (non-hydrogen) atoms. The highest BCUT2D eigenvalue weighted by molar-refractivity contribution is 7.89. The van der Waals surface area contributed by atoms with Crippen LogP contribution < -0.4 is 10.0 Å². The fourth-order valence-corrected chi connectivity index (χ4v) is 5.50. The van der Waals surface area contributed by atoms with Crippen LogP contribution in [0.3, 0.4) is 0 Å². The largest absolute Gasteiger partial charge is 0.462 e. The number of ether oxygens (including phenoxy) is 1. The number of anilines is 1. The summed E-state index contributed by atoms with van der Waals surface area (Å²) in [5.41, 5.74) is 1.32. The molecule has 0 fully saturated rings. The summed E-state index contributed by atoms with van der Waals surface area (Å²) in [4.78, 5) is 25.9. The van der Waals surface area contributed by atoms with Gasteiger partial charge in [-0.3, -0.25) is 4.79 Å². The van der Waals surface area contributed by atoms with E-state index in [2.05, 4.69) is 10.0 Å². The van der Waals surface area contributed by atoms with Gasteiger partial charge in [-0.05, 0) is 62.4 Å². The Hall–Kier alpha value is -1.94. The molecule has 156 valence electrons. The summed E-state index contributed by atoms with van der Waals surface area (Å²) in [6.07, 6.45) is 3.62. The summed E-state index contributed by atoms with van der Waals surface area (Å²) < 4.78 is 32.0. The Morgan fingerprint density at radius 3 is 2.55 bits per heavy atom. The molecule has 0 bridgehead atoms. The lowest BCUT2D eigenvalue weighted by Crippen LogP contribution is -2.33. The fraction of sp³-hybridized carbons (Fsp3) is 0.368. The molecule has 1 aromatic heterocycles. The molecule has 1 aliphatic rings. The number of halogens is 1. The summed E-state index contributed by atoms with van der Waals surface area (Å²) in [6.45, 7) is 1.49. The molecule has 7 nitrogen and oxygen atoms in total. The van der Waals surface area contributed by atoms with Crippen LogP contribution in [-0.2, 0) is 32.4 Å². The van der Waals surface area contributed by atoms with Gasteiger partial charge in [-0.15, -0.1) is 11.3 Å². The standard InChI is InChI=1S/C19H21ClN2O5S2/c1-2-27-19(24)17-14-5-3-4-6-15(14)28-18(17)22-16(23)11-21-29(25,26)13-9-7-12(20)8-10-13/h7-10,21H,2-6,11H2,1H3,(H,22,23). The first-order chi connectivity index (χ1) is 13.8. The van der Waals surface area contributed by atoms with Crippen LogP contribution in [0.5, 0.6) is 0 Å². The summed E-state index contributed by atoms with van der Waals surface area (Å²) in [6, 6.07) is 5.62. The zero-order chi connectivity index (χ0) is 21.0. The molecule has 3 rings (SSSR count). The Labute approximate surface area is 178 Å². The van der Waals surface area contributed by atoms with Crippen LogP contribution in [0.1, 0.15) is 40.6 Å². The average Bonchev–Trinajstić information content (AvgIpc) is 3.05. The molecule has 0 radical (unpaired) electrons. The van der Waals surface area contributed by atoms with Crippen molar-refractivity contribution < 1.29 is 22.7 Å². The van der Waals surface area contributed by atoms with E-state index in [0.29, 0.717) is 15.6 Å². The minimum Gasteiger partial charge on any atom is -0.462 e. The molecule has 0 spiro atoms. The van der Waals surface area contributed by atoms with Gasteiger partial charge in [0.05, 0.1) is 23.6 Å². The van der Waals surface area contributed by atoms with Crippen molar-refractivity contribution >= 4 is 49.8 Å². The number of hydrogen-bond donors (Lipinski definition) is 2. The molecule has 10 heteroatoms. The predicted molar refractivity (Wildman–Crippen MR) is 112 cm³/mol. The molecular weight excluding hydrogens is 436 g/mol. The van der Waals surface area contributed by atoms with E-state index in [1.165, 1.54) is 35.6 Å². The number of thiophene rings is 1. The highest BCUT2D eigenvalue weighted by Crippen LogP contribution is 2.38. The lowest BCUT2D eigenvalue weighted by molar-refractivity contribution is -0.115. The third-order valence-electron chi connectivity index (χ3n) is 4.45. The van der Waals surface area contributed by atoms with Crippen LogP contribution in [-0.4, -0.2) is 33.4 Å². The van der Waals surface area contributed by atoms with Crippen LogP contribution in [0, 0.1) is 0 Å². The Morgan fingerprint density at radius 1 is 1.17 bits per heavy atom. The van der Waals surface area contributed by atoms with Gasteiger partial charge in [0.1, 0.15) is 5.00 Å². The van der Waals surface area contributed by atoms with Gasteiger partial charge in [0.15, 0.2) is 0 Å². The van der Waals surface area contributed by atoms with E-state index in [9.17, 15) is 18.0 Å². The molecule has 1 amide bonds. The van der Waals surface area contributed by atoms with Crippen molar-refractivity contribution in [2.45, 2.75) is 37.5 Å². The van der Waals surface area contributed by atoms with Crippen molar-refractivity contribution in [2.75, 3.05) is 18.5 Å². The zero-order valence-corrected chi connectivity index (χ0v) is 18.2. The number of amides is 1. The van der Waals surface area contributed by atoms with Crippen LogP contribution >= 0.6 is 22.9 Å². The number of carbonyl (C=O) groups excluding carboxylic acids is 2. The summed E-state index contributed by atoms with van der Waals surface area (Å²) >= 11 is 7.12. The van der Waals surface area contributed by atoms with Crippen LogP contribution in [0.4, 0.5) is 5.00 Å². The van der Waals surface area contributed by atoms with Crippen LogP contribution in [0.25, 0.3) is 0 Å². The van der Waals surface area contributed by atoms with Gasteiger partial charge in [-0.25, -0.2) is 17.9 Å². The smallest absolute Gasteiger partial charge is 0.341 e. The molecule has 0 aliphatic heterocycles. The van der Waals surface area contributed by atoms with Crippen LogP contribution in [0.2, 0.25) is 5.02 Å². The Bertz CT molecular complexity index is 1020. The van der Waals surface area contributed by atoms with E-state index >= 15 is 0 Å². The van der Waals surface area contributed by atoms with E-state index in [1.807, 2.05) is 0 Å². The third-order valence-corrected chi connectivity index (χ3v) is 7.33. The topological polar surface area (TPSA) is 102 Å². The Kier molecular flexibility index (Phi) is 6.94. The minimum atomic E-state index is -3.86. The normalized spacial score (nSPS) is 13.6. The predicted octanol–water partition coefficient (Wildman–Crippen LogP) is 3.37. The van der Waals surface area contributed by atoms with E-state index in [0.717, 1.165) is 36.1 Å². The number of carbonyl (C=O) groups is 2. The van der Waals surface area contributed by atoms with Crippen LogP contribution in [0.15, 0.2) is 29.2 Å². The molecule has 1 aliphatic carbocycles. The molecule has 0 unspecified atom stereocenters. The number of rotatable bonds is 7. The quantitative estimate of drug-likeness (QED) is 0.622. The molecule has 0 saturated carbocycles. The first kappa shape index (κ1) is 21.8. The average molecular weight is 457 g/mol. The monoisotopic (exact) mass is 456 g/mol. The lowest BCUT2D eigenvalue weighted by atomic mass is 9.95. The van der Waals surface area contributed by atoms with Crippen molar-refractivity contribution in [3.05, 3.63) is 45.3 Å². The van der Waals surface area contributed by atoms with E-state index in [1.54, 1.807) is 6.92 Å². The number of nitrogens with one attached hydrogen (secondary N) is 2. The van der Waals surface area contributed by atoms with Gasteiger partial charge in [0.25, 0.3) is 0 Å². The van der Waals surface area contributed by atoms with E-state index in [-0.39, 0.29) is 11.5 Å². The summed E-state index contributed by atoms with van der Waals surface area (Å²) in [5.74, 6) is -1.03. The lowest BCUT2D eigenvalue weighted by Gasteiger charge is -2.12. The number of benzene rings is 1. The second kappa shape index (κ2) is 9.25. The SMILES string of the molecule is CCOC(=O)c1c(NC(=O)CNS(=O)(=O)c2ccc(Cl)cc2)sc2c1CCCC2. The molecule has 2 N–H and O–H groups in total. The van der Waals surface area contributed by atoms with E-state index < -0.39 is 28.4 Å². The molecule has 0 saturated heterocycles. The molecule has 1 heterocycles. The zero-order valence-electron chi connectivity index (χ0n) is 15.8. The highest BCUT2D eigenvalue weighted by Gasteiger charge is 2.27. The maximum atomic E-state index is 12.4. The summed E-state index contributed by atoms with van der Waals surface area (Å²) in [7, 11) is -3.86.